The van der Waals surface area contributed by atoms with Crippen LogP contribution in [0.25, 0.3) is 0 Å². The van der Waals surface area contributed by atoms with Gasteiger partial charge < -0.3 is 15.1 Å². The third-order valence-corrected chi connectivity index (χ3v) is 5.30. The van der Waals surface area contributed by atoms with Gasteiger partial charge in [-0.2, -0.15) is 0 Å². The summed E-state index contributed by atoms with van der Waals surface area (Å²) in [6, 6.07) is 20.3. The van der Waals surface area contributed by atoms with Gasteiger partial charge in [-0.05, 0) is 24.3 Å². The predicted molar refractivity (Wildman–Crippen MR) is 121 cm³/mol. The smallest absolute Gasteiger partial charge is 0.273 e. The molecule has 0 spiro atoms. The molecule has 1 aromatic heterocycles. The molecule has 8 heteroatoms. The number of nitrogens with zero attached hydrogens (tertiary/aromatic N) is 4. The zero-order valence-corrected chi connectivity index (χ0v) is 17.0. The number of piperazine rings is 1. The number of nitro groups is 1. The maximum atomic E-state index is 12.3. The van der Waals surface area contributed by atoms with Gasteiger partial charge in [-0.1, -0.05) is 36.4 Å². The SMILES string of the molecule is O=C(Cc1ccccc1[N+](=O)[O-])Nc1ccc(N2CCN(c3ccccc3)CC2)nc1. The topological polar surface area (TPSA) is 91.6 Å². The van der Waals surface area contributed by atoms with Crippen molar-refractivity contribution in [3.8, 4) is 0 Å². The summed E-state index contributed by atoms with van der Waals surface area (Å²) in [7, 11) is 0. The first-order valence-corrected chi connectivity index (χ1v) is 10.1. The lowest BCUT2D eigenvalue weighted by Gasteiger charge is -2.36. The molecule has 31 heavy (non-hydrogen) atoms. The normalized spacial score (nSPS) is 13.7. The van der Waals surface area contributed by atoms with Crippen LogP contribution in [0, 0.1) is 10.1 Å². The standard InChI is InChI=1S/C23H23N5O3/c29-23(16-18-6-4-5-9-21(18)28(30)31)25-19-10-11-22(24-17-19)27-14-12-26(13-15-27)20-7-2-1-3-8-20/h1-11,17H,12-16H2,(H,25,29). The fraction of sp³-hybridized carbons (Fsp3) is 0.217. The van der Waals surface area contributed by atoms with E-state index < -0.39 is 4.92 Å². The number of anilines is 3. The lowest BCUT2D eigenvalue weighted by atomic mass is 10.1. The van der Waals surface area contributed by atoms with Crippen molar-refractivity contribution in [2.24, 2.45) is 0 Å². The van der Waals surface area contributed by atoms with Crippen molar-refractivity contribution in [2.45, 2.75) is 6.42 Å². The Labute approximate surface area is 180 Å². The molecule has 0 aliphatic carbocycles. The van der Waals surface area contributed by atoms with Gasteiger partial charge in [0.2, 0.25) is 5.91 Å². The summed E-state index contributed by atoms with van der Waals surface area (Å²) in [6.07, 6.45) is 1.55. The minimum absolute atomic E-state index is 0.0548. The van der Waals surface area contributed by atoms with Gasteiger partial charge in [-0.15, -0.1) is 0 Å². The van der Waals surface area contributed by atoms with E-state index >= 15 is 0 Å². The zero-order chi connectivity index (χ0) is 21.6. The van der Waals surface area contributed by atoms with Gasteiger partial charge in [-0.3, -0.25) is 14.9 Å². The van der Waals surface area contributed by atoms with Gasteiger partial charge in [0.1, 0.15) is 5.82 Å². The Morgan fingerprint density at radius 2 is 1.61 bits per heavy atom. The van der Waals surface area contributed by atoms with E-state index in [0.717, 1.165) is 32.0 Å². The highest BCUT2D eigenvalue weighted by Crippen LogP contribution is 2.21. The Morgan fingerprint density at radius 3 is 2.29 bits per heavy atom. The molecule has 2 aromatic carbocycles. The highest BCUT2D eigenvalue weighted by molar-refractivity contribution is 5.92. The Morgan fingerprint density at radius 1 is 0.935 bits per heavy atom. The summed E-state index contributed by atoms with van der Waals surface area (Å²) in [5, 5.41) is 13.9. The van der Waals surface area contributed by atoms with Gasteiger partial charge >= 0.3 is 0 Å². The minimum Gasteiger partial charge on any atom is -0.368 e. The van der Waals surface area contributed by atoms with Crippen LogP contribution in [-0.4, -0.2) is 42.0 Å². The molecule has 0 radical (unpaired) electrons. The minimum atomic E-state index is -0.476. The second kappa shape index (κ2) is 9.25. The molecule has 1 aliphatic rings. The molecule has 1 fully saturated rings. The Bertz CT molecular complexity index is 1050. The summed E-state index contributed by atoms with van der Waals surface area (Å²) in [5.41, 5.74) is 2.12. The summed E-state index contributed by atoms with van der Waals surface area (Å²) < 4.78 is 0. The number of nitro benzene ring substituents is 1. The molecule has 0 saturated carbocycles. The molecule has 0 atom stereocenters. The van der Waals surface area contributed by atoms with Crippen LogP contribution in [0.5, 0.6) is 0 Å². The van der Waals surface area contributed by atoms with Crippen LogP contribution in [0.15, 0.2) is 72.9 Å². The van der Waals surface area contributed by atoms with E-state index in [4.69, 9.17) is 0 Å². The molecular weight excluding hydrogens is 394 g/mol. The molecule has 8 nitrogen and oxygen atoms in total. The number of carbonyl (C=O) groups is 1. The third-order valence-electron chi connectivity index (χ3n) is 5.30. The molecule has 1 aliphatic heterocycles. The summed E-state index contributed by atoms with van der Waals surface area (Å²) >= 11 is 0. The molecule has 2 heterocycles. The average molecular weight is 417 g/mol. The Hall–Kier alpha value is -3.94. The zero-order valence-electron chi connectivity index (χ0n) is 17.0. The van der Waals surface area contributed by atoms with E-state index in [0.29, 0.717) is 11.3 Å². The van der Waals surface area contributed by atoms with Crippen LogP contribution in [0.1, 0.15) is 5.56 Å². The van der Waals surface area contributed by atoms with E-state index in [1.165, 1.54) is 11.8 Å². The van der Waals surface area contributed by atoms with Crippen molar-refractivity contribution in [3.63, 3.8) is 0 Å². The number of nitrogens with one attached hydrogen (secondary N) is 1. The van der Waals surface area contributed by atoms with Crippen LogP contribution < -0.4 is 15.1 Å². The van der Waals surface area contributed by atoms with Crippen molar-refractivity contribution >= 4 is 28.8 Å². The Kier molecular flexibility index (Phi) is 6.07. The molecule has 158 valence electrons. The third kappa shape index (κ3) is 4.98. The van der Waals surface area contributed by atoms with E-state index in [1.807, 2.05) is 30.3 Å². The first-order chi connectivity index (χ1) is 15.1. The lowest BCUT2D eigenvalue weighted by Crippen LogP contribution is -2.46. The van der Waals surface area contributed by atoms with E-state index in [1.54, 1.807) is 24.4 Å². The number of hydrogen-bond acceptors (Lipinski definition) is 6. The van der Waals surface area contributed by atoms with Gasteiger partial charge in [0.25, 0.3) is 5.69 Å². The highest BCUT2D eigenvalue weighted by atomic mass is 16.6. The summed E-state index contributed by atoms with van der Waals surface area (Å²) in [4.78, 5) is 32.0. The van der Waals surface area contributed by atoms with Crippen LogP contribution in [0.2, 0.25) is 0 Å². The lowest BCUT2D eigenvalue weighted by molar-refractivity contribution is -0.385. The van der Waals surface area contributed by atoms with Gasteiger partial charge in [0.05, 0.1) is 23.2 Å². The molecule has 0 bridgehead atoms. The number of amides is 1. The van der Waals surface area contributed by atoms with Crippen molar-refractivity contribution in [1.82, 2.24) is 4.98 Å². The van der Waals surface area contributed by atoms with Crippen LogP contribution >= 0.6 is 0 Å². The number of para-hydroxylation sites is 2. The predicted octanol–water partition coefficient (Wildman–Crippen LogP) is 3.50. The number of rotatable bonds is 6. The van der Waals surface area contributed by atoms with Crippen LogP contribution in [0.4, 0.5) is 22.9 Å². The number of benzene rings is 2. The number of carbonyl (C=O) groups excluding carboxylic acids is 1. The molecule has 1 amide bonds. The average Bonchev–Trinajstić information content (AvgIpc) is 2.80. The van der Waals surface area contributed by atoms with Gasteiger partial charge in [0.15, 0.2) is 0 Å². The van der Waals surface area contributed by atoms with Crippen molar-refractivity contribution in [2.75, 3.05) is 41.3 Å². The second-order valence-electron chi connectivity index (χ2n) is 7.33. The van der Waals surface area contributed by atoms with Crippen LogP contribution in [-0.2, 0) is 11.2 Å². The van der Waals surface area contributed by atoms with Crippen molar-refractivity contribution in [1.29, 1.82) is 0 Å². The van der Waals surface area contributed by atoms with Crippen LogP contribution in [0.3, 0.4) is 0 Å². The van der Waals surface area contributed by atoms with Gasteiger partial charge in [-0.25, -0.2) is 4.98 Å². The first-order valence-electron chi connectivity index (χ1n) is 10.1. The Balaban J connectivity index is 1.33. The highest BCUT2D eigenvalue weighted by Gasteiger charge is 2.19. The first kappa shape index (κ1) is 20.3. The van der Waals surface area contributed by atoms with Crippen molar-refractivity contribution in [3.05, 3.63) is 88.6 Å². The molecule has 1 N–H and O–H groups in total. The summed E-state index contributed by atoms with van der Waals surface area (Å²) in [5.74, 6) is 0.546. The number of pyridine rings is 1. The fourth-order valence-electron chi connectivity index (χ4n) is 3.70. The monoisotopic (exact) mass is 417 g/mol. The summed E-state index contributed by atoms with van der Waals surface area (Å²) in [6.45, 7) is 3.57. The fourth-order valence-corrected chi connectivity index (χ4v) is 3.70. The molecule has 4 rings (SSSR count). The molecular formula is C23H23N5O3. The van der Waals surface area contributed by atoms with E-state index in [9.17, 15) is 14.9 Å². The molecule has 3 aromatic rings. The maximum Gasteiger partial charge on any atom is 0.273 e. The maximum absolute atomic E-state index is 12.3. The quantitative estimate of drug-likeness (QED) is 0.488. The number of aromatic nitrogens is 1. The molecule has 0 unspecified atom stereocenters. The van der Waals surface area contributed by atoms with E-state index in [-0.39, 0.29) is 18.0 Å². The van der Waals surface area contributed by atoms with Crippen molar-refractivity contribution < 1.29 is 9.72 Å². The second-order valence-corrected chi connectivity index (χ2v) is 7.33. The molecule has 1 saturated heterocycles. The largest absolute Gasteiger partial charge is 0.368 e. The van der Waals surface area contributed by atoms with Gasteiger partial charge in [0, 0.05) is 43.5 Å². The van der Waals surface area contributed by atoms with E-state index in [2.05, 4.69) is 32.2 Å². The number of hydrogen-bond donors (Lipinski definition) is 1.